The van der Waals surface area contributed by atoms with Crippen molar-refractivity contribution in [3.8, 4) is 17.1 Å². The van der Waals surface area contributed by atoms with Crippen LogP contribution < -0.4 is 0 Å². The van der Waals surface area contributed by atoms with Crippen LogP contribution in [-0.2, 0) is 9.59 Å². The van der Waals surface area contributed by atoms with E-state index >= 15 is 0 Å². The van der Waals surface area contributed by atoms with Crippen molar-refractivity contribution >= 4 is 35.3 Å². The van der Waals surface area contributed by atoms with Gasteiger partial charge in [-0.1, -0.05) is 78.5 Å². The number of rotatable bonds is 11. The molecule has 212 valence electrons. The minimum atomic E-state index is 0.0234. The highest BCUT2D eigenvalue weighted by Gasteiger charge is 2.29. The van der Waals surface area contributed by atoms with Crippen molar-refractivity contribution in [2.75, 3.05) is 31.1 Å². The zero-order valence-corrected chi connectivity index (χ0v) is 24.9. The zero-order valence-electron chi connectivity index (χ0n) is 23.3. The van der Waals surface area contributed by atoms with Gasteiger partial charge in [-0.25, -0.2) is 0 Å². The molecule has 5 rings (SSSR count). The van der Waals surface area contributed by atoms with Crippen LogP contribution in [0.25, 0.3) is 17.1 Å². The van der Waals surface area contributed by atoms with Gasteiger partial charge in [0.1, 0.15) is 0 Å². The molecule has 1 unspecified atom stereocenters. The number of thioether (sulfide) groups is 2. The Hall–Kier alpha value is -3.56. The van der Waals surface area contributed by atoms with Crippen molar-refractivity contribution < 1.29 is 9.59 Å². The van der Waals surface area contributed by atoms with E-state index < -0.39 is 0 Å². The first-order valence-electron chi connectivity index (χ1n) is 14.0. The molecule has 9 heteroatoms. The molecule has 3 aromatic carbocycles. The van der Waals surface area contributed by atoms with Crippen LogP contribution in [0.3, 0.4) is 0 Å². The fraction of sp³-hybridized carbons (Fsp3) is 0.312. The minimum Gasteiger partial charge on any atom is -0.339 e. The van der Waals surface area contributed by atoms with Crippen LogP contribution in [0, 0.1) is 0 Å². The minimum absolute atomic E-state index is 0.0234. The Morgan fingerprint density at radius 1 is 0.805 bits per heavy atom. The molecule has 7 nitrogen and oxygen atoms in total. The van der Waals surface area contributed by atoms with Gasteiger partial charge in [0.2, 0.25) is 11.8 Å². The van der Waals surface area contributed by atoms with Gasteiger partial charge in [0.05, 0.1) is 5.75 Å². The van der Waals surface area contributed by atoms with E-state index in [0.29, 0.717) is 31.8 Å². The summed E-state index contributed by atoms with van der Waals surface area (Å²) >= 11 is 3.23. The SMILES string of the molecule is CC1CN(C(=O)CCCCSc2nnc(-c3ccccc3)n2-c2ccccc2)CCN1C(=O)CSc1ccccc1. The van der Waals surface area contributed by atoms with Crippen molar-refractivity contribution in [1.29, 1.82) is 0 Å². The first-order valence-corrected chi connectivity index (χ1v) is 16.0. The Morgan fingerprint density at radius 2 is 1.49 bits per heavy atom. The molecular formula is C32H35N5O2S2. The number of carbonyl (C=O) groups excluding carboxylic acids is 2. The second-order valence-corrected chi connectivity index (χ2v) is 12.1. The highest BCUT2D eigenvalue weighted by Crippen LogP contribution is 2.28. The molecule has 1 saturated heterocycles. The van der Waals surface area contributed by atoms with Gasteiger partial charge in [-0.3, -0.25) is 14.2 Å². The third-order valence-corrected chi connectivity index (χ3v) is 9.11. The molecule has 0 radical (unpaired) electrons. The molecule has 1 fully saturated rings. The van der Waals surface area contributed by atoms with Crippen LogP contribution in [0.1, 0.15) is 26.2 Å². The molecular weight excluding hydrogens is 551 g/mol. The van der Waals surface area contributed by atoms with Gasteiger partial charge in [0.15, 0.2) is 11.0 Å². The Kier molecular flexibility index (Phi) is 10.1. The molecule has 0 bridgehead atoms. The summed E-state index contributed by atoms with van der Waals surface area (Å²) in [5, 5.41) is 9.86. The molecule has 1 aliphatic rings. The van der Waals surface area contributed by atoms with E-state index in [2.05, 4.69) is 26.9 Å². The van der Waals surface area contributed by atoms with Crippen molar-refractivity contribution in [3.63, 3.8) is 0 Å². The standard InChI is InChI=1S/C32H35N5O2S2/c1-25-23-35(20-21-36(25)30(39)24-41-28-17-9-4-10-18-28)29(38)19-11-12-22-40-32-34-33-31(26-13-5-2-6-14-26)37(32)27-15-7-3-8-16-27/h2-10,13-18,25H,11-12,19-24H2,1H3. The highest BCUT2D eigenvalue weighted by atomic mass is 32.2. The molecule has 0 spiro atoms. The zero-order chi connectivity index (χ0) is 28.4. The number of piperazine rings is 1. The molecule has 1 aromatic heterocycles. The summed E-state index contributed by atoms with van der Waals surface area (Å²) in [5.41, 5.74) is 2.05. The van der Waals surface area contributed by atoms with Gasteiger partial charge in [-0.2, -0.15) is 0 Å². The first kappa shape index (κ1) is 29.0. The van der Waals surface area contributed by atoms with Crippen molar-refractivity contribution in [1.82, 2.24) is 24.6 Å². The number of unbranched alkanes of at least 4 members (excludes halogenated alkanes) is 1. The predicted octanol–water partition coefficient (Wildman–Crippen LogP) is 6.05. The summed E-state index contributed by atoms with van der Waals surface area (Å²) in [4.78, 5) is 30.7. The Morgan fingerprint density at radius 3 is 2.20 bits per heavy atom. The number of carbonyl (C=O) groups is 2. The van der Waals surface area contributed by atoms with Crippen LogP contribution in [0.5, 0.6) is 0 Å². The van der Waals surface area contributed by atoms with Crippen LogP contribution in [0.4, 0.5) is 0 Å². The average Bonchev–Trinajstić information content (AvgIpc) is 3.45. The topological polar surface area (TPSA) is 71.3 Å². The normalized spacial score (nSPS) is 15.2. The molecule has 0 N–H and O–H groups in total. The van der Waals surface area contributed by atoms with Crippen LogP contribution in [0.2, 0.25) is 0 Å². The number of hydrogen-bond donors (Lipinski definition) is 0. The number of nitrogens with zero attached hydrogens (tertiary/aromatic N) is 5. The lowest BCUT2D eigenvalue weighted by molar-refractivity contribution is -0.141. The Bertz CT molecular complexity index is 1420. The molecule has 0 saturated carbocycles. The molecule has 1 aliphatic heterocycles. The lowest BCUT2D eigenvalue weighted by atomic mass is 10.1. The molecule has 4 aromatic rings. The van der Waals surface area contributed by atoms with Crippen molar-refractivity contribution in [2.45, 2.75) is 42.3 Å². The third kappa shape index (κ3) is 7.59. The molecule has 0 aliphatic carbocycles. The summed E-state index contributed by atoms with van der Waals surface area (Å²) in [5.74, 6) is 2.40. The molecule has 41 heavy (non-hydrogen) atoms. The maximum absolute atomic E-state index is 12.9. The van der Waals surface area contributed by atoms with Crippen molar-refractivity contribution in [2.24, 2.45) is 0 Å². The van der Waals surface area contributed by atoms with Gasteiger partial charge in [0.25, 0.3) is 0 Å². The van der Waals surface area contributed by atoms with E-state index in [0.717, 1.165) is 45.7 Å². The second-order valence-electron chi connectivity index (χ2n) is 10.0. The van der Waals surface area contributed by atoms with Crippen LogP contribution in [0.15, 0.2) is 101 Å². The highest BCUT2D eigenvalue weighted by molar-refractivity contribution is 8.00. The van der Waals surface area contributed by atoms with Gasteiger partial charge in [-0.05, 0) is 44.0 Å². The summed E-state index contributed by atoms with van der Waals surface area (Å²) in [7, 11) is 0. The Balaban J connectivity index is 1.08. The van der Waals surface area contributed by atoms with Gasteiger partial charge < -0.3 is 9.80 Å². The fourth-order valence-electron chi connectivity index (χ4n) is 4.95. The van der Waals surface area contributed by atoms with Gasteiger partial charge in [-0.15, -0.1) is 22.0 Å². The Labute approximate surface area is 250 Å². The number of para-hydroxylation sites is 1. The van der Waals surface area contributed by atoms with Gasteiger partial charge in [0, 0.05) is 54.0 Å². The summed E-state index contributed by atoms with van der Waals surface area (Å²) in [6.07, 6.45) is 2.24. The fourth-order valence-corrected chi connectivity index (χ4v) is 6.70. The number of aromatic nitrogens is 3. The van der Waals surface area contributed by atoms with Crippen molar-refractivity contribution in [3.05, 3.63) is 91.0 Å². The maximum Gasteiger partial charge on any atom is 0.233 e. The number of amides is 2. The number of hydrogen-bond acceptors (Lipinski definition) is 6. The first-order chi connectivity index (χ1) is 20.1. The molecule has 1 atom stereocenters. The molecule has 2 amide bonds. The smallest absolute Gasteiger partial charge is 0.233 e. The maximum atomic E-state index is 12.9. The van der Waals surface area contributed by atoms with E-state index in [-0.39, 0.29) is 17.9 Å². The number of benzene rings is 3. The van der Waals surface area contributed by atoms with E-state index in [4.69, 9.17) is 0 Å². The largest absolute Gasteiger partial charge is 0.339 e. The van der Waals surface area contributed by atoms with Gasteiger partial charge >= 0.3 is 0 Å². The van der Waals surface area contributed by atoms with E-state index in [1.165, 1.54) is 0 Å². The van der Waals surface area contributed by atoms with E-state index in [1.807, 2.05) is 95.6 Å². The lowest BCUT2D eigenvalue weighted by Gasteiger charge is -2.40. The quantitative estimate of drug-likeness (QED) is 0.158. The van der Waals surface area contributed by atoms with Crippen LogP contribution >= 0.6 is 23.5 Å². The van der Waals surface area contributed by atoms with E-state index in [9.17, 15) is 9.59 Å². The van der Waals surface area contributed by atoms with Crippen LogP contribution in [-0.4, -0.2) is 73.6 Å². The average molecular weight is 586 g/mol. The molecule has 2 heterocycles. The summed E-state index contributed by atoms with van der Waals surface area (Å²) < 4.78 is 2.10. The summed E-state index contributed by atoms with van der Waals surface area (Å²) in [6.45, 7) is 3.82. The van der Waals surface area contributed by atoms with E-state index in [1.54, 1.807) is 23.5 Å². The second kappa shape index (κ2) is 14.4. The lowest BCUT2D eigenvalue weighted by Crippen LogP contribution is -2.55. The monoisotopic (exact) mass is 585 g/mol. The summed E-state index contributed by atoms with van der Waals surface area (Å²) in [6, 6.07) is 30.3. The third-order valence-electron chi connectivity index (χ3n) is 7.10. The predicted molar refractivity (Wildman–Crippen MR) is 166 cm³/mol.